The van der Waals surface area contributed by atoms with Gasteiger partial charge in [0.05, 0.1) is 19.2 Å². The third-order valence-corrected chi connectivity index (χ3v) is 3.52. The zero-order valence-corrected chi connectivity index (χ0v) is 12.4. The molecule has 0 radical (unpaired) electrons. The van der Waals surface area contributed by atoms with Crippen molar-refractivity contribution in [1.82, 2.24) is 30.2 Å². The van der Waals surface area contributed by atoms with E-state index in [-0.39, 0.29) is 0 Å². The van der Waals surface area contributed by atoms with Crippen molar-refractivity contribution in [3.05, 3.63) is 30.4 Å². The molecule has 4 rings (SSSR count). The summed E-state index contributed by atoms with van der Waals surface area (Å²) in [6.07, 6.45) is 3.56. The van der Waals surface area contributed by atoms with Crippen LogP contribution in [0.4, 0.5) is 0 Å². The van der Waals surface area contributed by atoms with Crippen LogP contribution in [0.3, 0.4) is 0 Å². The van der Waals surface area contributed by atoms with E-state index in [9.17, 15) is 0 Å². The lowest BCUT2D eigenvalue weighted by molar-refractivity contribution is 0.171. The van der Waals surface area contributed by atoms with Crippen LogP contribution in [-0.4, -0.2) is 50.5 Å². The number of ether oxygens (including phenoxy) is 3. The van der Waals surface area contributed by atoms with Crippen molar-refractivity contribution >= 4 is 0 Å². The highest BCUT2D eigenvalue weighted by atomic mass is 16.6. The summed E-state index contributed by atoms with van der Waals surface area (Å²) < 4.78 is 18.6. The summed E-state index contributed by atoms with van der Waals surface area (Å²) in [6, 6.07) is 3.69. The maximum absolute atomic E-state index is 5.65. The molecule has 1 aliphatic heterocycles. The molecule has 0 fully saturated rings. The molecule has 0 unspecified atom stereocenters. The van der Waals surface area contributed by atoms with E-state index in [2.05, 4.69) is 25.6 Å². The Morgan fingerprint density at radius 1 is 1.26 bits per heavy atom. The number of H-pyrrole nitrogens is 1. The van der Waals surface area contributed by atoms with E-state index in [1.54, 1.807) is 13.3 Å². The van der Waals surface area contributed by atoms with E-state index < -0.39 is 0 Å². The molecule has 0 bridgehead atoms. The molecular formula is C14H14N6O3. The Labute approximate surface area is 131 Å². The molecule has 0 saturated carbocycles. The Morgan fingerprint density at radius 3 is 2.83 bits per heavy atom. The number of aromatic nitrogens is 6. The molecule has 0 spiro atoms. The lowest BCUT2D eigenvalue weighted by Crippen LogP contribution is -2.15. The van der Waals surface area contributed by atoms with Crippen molar-refractivity contribution in [2.24, 2.45) is 0 Å². The number of rotatable bonds is 4. The van der Waals surface area contributed by atoms with Crippen LogP contribution in [0.5, 0.6) is 17.2 Å². The SMILES string of the molecule is COc1cc2c(cc1-c1nccn1Cc1nn[nH]n1)OCCO2. The minimum atomic E-state index is 0.448. The van der Waals surface area contributed by atoms with Crippen molar-refractivity contribution in [3.8, 4) is 28.6 Å². The van der Waals surface area contributed by atoms with Crippen LogP contribution in [0.1, 0.15) is 5.82 Å². The summed E-state index contributed by atoms with van der Waals surface area (Å²) in [5, 5.41) is 13.9. The molecule has 9 heteroatoms. The highest BCUT2D eigenvalue weighted by Gasteiger charge is 2.20. The van der Waals surface area contributed by atoms with Gasteiger partial charge in [-0.05, 0) is 6.07 Å². The predicted octanol–water partition coefficient (Wildman–Crippen LogP) is 0.891. The second-order valence-electron chi connectivity index (χ2n) is 4.90. The number of nitrogens with one attached hydrogen (secondary N) is 1. The number of hydrogen-bond donors (Lipinski definition) is 1. The zero-order valence-electron chi connectivity index (χ0n) is 12.4. The quantitative estimate of drug-likeness (QED) is 0.763. The summed E-state index contributed by atoms with van der Waals surface area (Å²) >= 11 is 0. The number of nitrogens with zero attached hydrogens (tertiary/aromatic N) is 5. The maximum atomic E-state index is 5.65. The molecular weight excluding hydrogens is 300 g/mol. The first-order valence-corrected chi connectivity index (χ1v) is 7.06. The molecule has 1 aromatic carbocycles. The number of tetrazole rings is 1. The van der Waals surface area contributed by atoms with Crippen molar-refractivity contribution in [3.63, 3.8) is 0 Å². The van der Waals surface area contributed by atoms with E-state index in [4.69, 9.17) is 14.2 Å². The highest BCUT2D eigenvalue weighted by molar-refractivity contribution is 5.70. The largest absolute Gasteiger partial charge is 0.496 e. The fourth-order valence-electron chi connectivity index (χ4n) is 2.50. The van der Waals surface area contributed by atoms with Crippen LogP contribution in [0.15, 0.2) is 24.5 Å². The topological polar surface area (TPSA) is 100.0 Å². The minimum absolute atomic E-state index is 0.448. The van der Waals surface area contributed by atoms with Gasteiger partial charge in [0.1, 0.15) is 24.8 Å². The van der Waals surface area contributed by atoms with Crippen molar-refractivity contribution in [2.75, 3.05) is 20.3 Å². The van der Waals surface area contributed by atoms with Crippen molar-refractivity contribution < 1.29 is 14.2 Å². The van der Waals surface area contributed by atoms with E-state index in [1.807, 2.05) is 22.9 Å². The molecule has 23 heavy (non-hydrogen) atoms. The van der Waals surface area contributed by atoms with Crippen LogP contribution in [0.2, 0.25) is 0 Å². The fourth-order valence-corrected chi connectivity index (χ4v) is 2.50. The molecule has 0 amide bonds. The second-order valence-corrected chi connectivity index (χ2v) is 4.90. The fraction of sp³-hybridized carbons (Fsp3) is 0.286. The highest BCUT2D eigenvalue weighted by Crippen LogP contribution is 2.40. The standard InChI is InChI=1S/C14H14N6O3/c1-21-10-7-12-11(22-4-5-23-12)6-9(10)14-15-2-3-20(14)8-13-16-18-19-17-13/h2-3,6-7H,4-5,8H2,1H3,(H,16,17,18,19). The smallest absolute Gasteiger partial charge is 0.194 e. The average Bonchev–Trinajstić information content (AvgIpc) is 3.26. The van der Waals surface area contributed by atoms with Crippen molar-refractivity contribution in [2.45, 2.75) is 6.54 Å². The van der Waals surface area contributed by atoms with Gasteiger partial charge < -0.3 is 18.8 Å². The van der Waals surface area contributed by atoms with Crippen LogP contribution in [-0.2, 0) is 6.54 Å². The Kier molecular flexibility index (Phi) is 3.30. The zero-order chi connectivity index (χ0) is 15.6. The van der Waals surface area contributed by atoms with Gasteiger partial charge in [-0.3, -0.25) is 0 Å². The predicted molar refractivity (Wildman–Crippen MR) is 78.5 cm³/mol. The van der Waals surface area contributed by atoms with Gasteiger partial charge in [-0.25, -0.2) is 4.98 Å². The van der Waals surface area contributed by atoms with Crippen LogP contribution in [0.25, 0.3) is 11.4 Å². The monoisotopic (exact) mass is 314 g/mol. The number of methoxy groups -OCH3 is 1. The number of aromatic amines is 1. The van der Waals surface area contributed by atoms with Gasteiger partial charge in [-0.15, -0.1) is 10.2 Å². The molecule has 1 N–H and O–H groups in total. The van der Waals surface area contributed by atoms with Gasteiger partial charge in [0.15, 0.2) is 17.3 Å². The van der Waals surface area contributed by atoms with Crippen LogP contribution >= 0.6 is 0 Å². The summed E-state index contributed by atoms with van der Waals surface area (Å²) in [5.74, 6) is 3.31. The number of fused-ring (bicyclic) bond motifs is 1. The Morgan fingerprint density at radius 2 is 2.09 bits per heavy atom. The first-order chi connectivity index (χ1) is 11.3. The first kappa shape index (κ1) is 13.6. The van der Waals surface area contributed by atoms with Gasteiger partial charge in [0.2, 0.25) is 0 Å². The lowest BCUT2D eigenvalue weighted by atomic mass is 10.1. The van der Waals surface area contributed by atoms with Crippen LogP contribution < -0.4 is 14.2 Å². The van der Waals surface area contributed by atoms with Gasteiger partial charge in [0, 0.05) is 18.5 Å². The molecule has 3 heterocycles. The van der Waals surface area contributed by atoms with Gasteiger partial charge in [-0.1, -0.05) is 5.21 Å². The van der Waals surface area contributed by atoms with Gasteiger partial charge in [0.25, 0.3) is 0 Å². The van der Waals surface area contributed by atoms with E-state index in [1.165, 1.54) is 0 Å². The third kappa shape index (κ3) is 2.45. The minimum Gasteiger partial charge on any atom is -0.496 e. The summed E-state index contributed by atoms with van der Waals surface area (Å²) in [5.41, 5.74) is 0.810. The average molecular weight is 314 g/mol. The van der Waals surface area contributed by atoms with E-state index >= 15 is 0 Å². The third-order valence-electron chi connectivity index (χ3n) is 3.52. The van der Waals surface area contributed by atoms with E-state index in [0.29, 0.717) is 42.8 Å². The number of hydrogen-bond acceptors (Lipinski definition) is 7. The van der Waals surface area contributed by atoms with Gasteiger partial charge >= 0.3 is 0 Å². The molecule has 9 nitrogen and oxygen atoms in total. The van der Waals surface area contributed by atoms with Gasteiger partial charge in [-0.2, -0.15) is 5.21 Å². The first-order valence-electron chi connectivity index (χ1n) is 7.06. The Bertz CT molecular complexity index is 814. The summed E-state index contributed by atoms with van der Waals surface area (Å²) in [4.78, 5) is 4.42. The Balaban J connectivity index is 1.77. The molecule has 0 aliphatic carbocycles. The molecule has 0 saturated heterocycles. The molecule has 3 aromatic rings. The molecule has 2 aromatic heterocycles. The molecule has 118 valence electrons. The Hall–Kier alpha value is -3.10. The normalized spacial score (nSPS) is 13.1. The summed E-state index contributed by atoms with van der Waals surface area (Å²) in [6.45, 7) is 1.50. The molecule has 1 aliphatic rings. The lowest BCUT2D eigenvalue weighted by Gasteiger charge is -2.20. The molecule has 0 atom stereocenters. The number of benzene rings is 1. The van der Waals surface area contributed by atoms with Crippen molar-refractivity contribution in [1.29, 1.82) is 0 Å². The number of imidazole rings is 1. The maximum Gasteiger partial charge on any atom is 0.194 e. The van der Waals surface area contributed by atoms with Crippen LogP contribution in [0, 0.1) is 0 Å². The summed E-state index contributed by atoms with van der Waals surface area (Å²) in [7, 11) is 1.61. The second kappa shape index (κ2) is 5.59. The van der Waals surface area contributed by atoms with E-state index in [0.717, 1.165) is 11.4 Å².